The Morgan fingerprint density at radius 1 is 0.913 bits per heavy atom. The van der Waals surface area contributed by atoms with Crippen LogP contribution in [-0.4, -0.2) is 36.5 Å². The second kappa shape index (κ2) is 6.34. The summed E-state index contributed by atoms with van der Waals surface area (Å²) in [5, 5.41) is 0. The number of nitrogens with one attached hydrogen (secondary N) is 1. The molecular formula is C19H21N2O2+. The molecule has 0 bridgehead atoms. The van der Waals surface area contributed by atoms with E-state index in [-0.39, 0.29) is 11.8 Å². The molecule has 3 rings (SSSR count). The first-order valence-corrected chi connectivity index (χ1v) is 7.89. The molecule has 4 nitrogen and oxygen atoms in total. The van der Waals surface area contributed by atoms with Crippen LogP contribution in [0.5, 0.6) is 0 Å². The normalized spacial score (nSPS) is 16.3. The predicted molar refractivity (Wildman–Crippen MR) is 88.3 cm³/mol. The van der Waals surface area contributed by atoms with E-state index >= 15 is 0 Å². The lowest BCUT2D eigenvalue weighted by Gasteiger charge is -2.25. The molecule has 0 saturated carbocycles. The molecule has 1 aliphatic rings. The van der Waals surface area contributed by atoms with Gasteiger partial charge in [-0.25, -0.2) is 4.90 Å². The second-order valence-corrected chi connectivity index (χ2v) is 6.18. The van der Waals surface area contributed by atoms with Crippen LogP contribution in [0.25, 0.3) is 0 Å². The van der Waals surface area contributed by atoms with E-state index in [1.54, 1.807) is 24.3 Å². The molecule has 0 aromatic heterocycles. The van der Waals surface area contributed by atoms with Gasteiger partial charge < -0.3 is 4.90 Å². The van der Waals surface area contributed by atoms with Crippen LogP contribution in [0.4, 0.5) is 0 Å². The Labute approximate surface area is 136 Å². The minimum absolute atomic E-state index is 0.183. The molecular weight excluding hydrogens is 288 g/mol. The smallest absolute Gasteiger partial charge is 0.265 e. The van der Waals surface area contributed by atoms with Gasteiger partial charge in [-0.05, 0) is 24.6 Å². The Bertz CT molecular complexity index is 692. The van der Waals surface area contributed by atoms with Gasteiger partial charge in [-0.3, -0.25) is 9.59 Å². The Hall–Kier alpha value is -2.46. The first-order chi connectivity index (χ1) is 11.1. The standard InChI is InChI=1S/C19H20N2O2/c1-14(12-15-8-4-3-5-9-15)20(2)13-21-18(22)16-10-6-7-11-17(16)19(21)23/h3-11,14H,12-13H2,1-2H3/p+1/t14-/m1/s1. The van der Waals surface area contributed by atoms with Crippen LogP contribution in [-0.2, 0) is 6.42 Å². The molecule has 2 atom stereocenters. The summed E-state index contributed by atoms with van der Waals surface area (Å²) in [6, 6.07) is 17.6. The minimum Gasteiger partial charge on any atom is -0.317 e. The Kier molecular flexibility index (Phi) is 4.26. The third-order valence-corrected chi connectivity index (χ3v) is 4.51. The average molecular weight is 309 g/mol. The van der Waals surface area contributed by atoms with Crippen LogP contribution in [0.3, 0.4) is 0 Å². The van der Waals surface area contributed by atoms with Gasteiger partial charge in [-0.2, -0.15) is 0 Å². The van der Waals surface area contributed by atoms with Gasteiger partial charge in [0, 0.05) is 6.42 Å². The maximum Gasteiger partial charge on any atom is 0.265 e. The molecule has 1 aliphatic heterocycles. The highest BCUT2D eigenvalue weighted by atomic mass is 16.2. The third-order valence-electron chi connectivity index (χ3n) is 4.51. The number of hydrogen-bond acceptors (Lipinski definition) is 2. The Balaban J connectivity index is 1.68. The lowest BCUT2D eigenvalue weighted by molar-refractivity contribution is -0.910. The van der Waals surface area contributed by atoms with Crippen molar-refractivity contribution in [1.29, 1.82) is 0 Å². The molecule has 118 valence electrons. The SMILES string of the molecule is C[C@H](Cc1ccccc1)[NH+](C)CN1C(=O)c2ccccc2C1=O. The Morgan fingerprint density at radius 2 is 1.43 bits per heavy atom. The summed E-state index contributed by atoms with van der Waals surface area (Å²) >= 11 is 0. The number of benzene rings is 2. The van der Waals surface area contributed by atoms with Crippen molar-refractivity contribution in [3.63, 3.8) is 0 Å². The van der Waals surface area contributed by atoms with Gasteiger partial charge in [0.05, 0.1) is 24.2 Å². The number of hydrogen-bond donors (Lipinski definition) is 1. The van der Waals surface area contributed by atoms with Gasteiger partial charge in [0.2, 0.25) is 0 Å². The molecule has 2 aromatic carbocycles. The second-order valence-electron chi connectivity index (χ2n) is 6.18. The zero-order chi connectivity index (χ0) is 16.4. The monoisotopic (exact) mass is 309 g/mol. The molecule has 0 saturated heterocycles. The molecule has 1 heterocycles. The minimum atomic E-state index is -0.183. The number of carbonyl (C=O) groups excluding carboxylic acids is 2. The van der Waals surface area contributed by atoms with Crippen molar-refractivity contribution < 1.29 is 14.5 Å². The molecule has 1 N–H and O–H groups in total. The van der Waals surface area contributed by atoms with Crippen molar-refractivity contribution in [3.05, 3.63) is 71.3 Å². The molecule has 2 amide bonds. The fourth-order valence-electron chi connectivity index (χ4n) is 2.93. The van der Waals surface area contributed by atoms with Gasteiger partial charge in [0.1, 0.15) is 0 Å². The van der Waals surface area contributed by atoms with E-state index < -0.39 is 0 Å². The fraction of sp³-hybridized carbons (Fsp3) is 0.263. The average Bonchev–Trinajstić information content (AvgIpc) is 2.81. The van der Waals surface area contributed by atoms with E-state index in [9.17, 15) is 9.59 Å². The molecule has 0 aliphatic carbocycles. The van der Waals surface area contributed by atoms with E-state index in [1.807, 2.05) is 25.2 Å². The molecule has 1 unspecified atom stereocenters. The summed E-state index contributed by atoms with van der Waals surface area (Å²) in [6.45, 7) is 2.53. The Morgan fingerprint density at radius 3 is 2.00 bits per heavy atom. The van der Waals surface area contributed by atoms with Gasteiger partial charge in [0.25, 0.3) is 11.8 Å². The maximum absolute atomic E-state index is 12.4. The summed E-state index contributed by atoms with van der Waals surface area (Å²) in [7, 11) is 2.02. The van der Waals surface area contributed by atoms with Gasteiger partial charge in [-0.1, -0.05) is 42.5 Å². The number of amides is 2. The fourth-order valence-corrected chi connectivity index (χ4v) is 2.93. The van der Waals surface area contributed by atoms with Crippen molar-refractivity contribution in [2.45, 2.75) is 19.4 Å². The highest BCUT2D eigenvalue weighted by molar-refractivity contribution is 6.21. The lowest BCUT2D eigenvalue weighted by atomic mass is 10.1. The number of quaternary nitrogens is 1. The molecule has 23 heavy (non-hydrogen) atoms. The van der Waals surface area contributed by atoms with E-state index in [0.717, 1.165) is 11.3 Å². The van der Waals surface area contributed by atoms with Crippen LogP contribution < -0.4 is 4.90 Å². The molecule has 0 spiro atoms. The van der Waals surface area contributed by atoms with Gasteiger partial charge in [0.15, 0.2) is 6.67 Å². The number of carbonyl (C=O) groups is 2. The summed E-state index contributed by atoms with van der Waals surface area (Å²) in [5.41, 5.74) is 2.30. The number of likely N-dealkylation sites (N-methyl/N-ethyl adjacent to an activating group) is 1. The molecule has 2 aromatic rings. The van der Waals surface area contributed by atoms with Crippen molar-refractivity contribution >= 4 is 11.8 Å². The maximum atomic E-state index is 12.4. The number of imide groups is 1. The van der Waals surface area contributed by atoms with Gasteiger partial charge >= 0.3 is 0 Å². The lowest BCUT2D eigenvalue weighted by Crippen LogP contribution is -3.14. The highest BCUT2D eigenvalue weighted by Crippen LogP contribution is 2.21. The predicted octanol–water partition coefficient (Wildman–Crippen LogP) is 1.39. The molecule has 0 fully saturated rings. The first kappa shape index (κ1) is 15.4. The van der Waals surface area contributed by atoms with E-state index in [1.165, 1.54) is 10.5 Å². The van der Waals surface area contributed by atoms with Crippen LogP contribution in [0.1, 0.15) is 33.2 Å². The molecule has 4 heteroatoms. The van der Waals surface area contributed by atoms with Crippen LogP contribution in [0, 0.1) is 0 Å². The topological polar surface area (TPSA) is 41.8 Å². The van der Waals surface area contributed by atoms with Crippen LogP contribution in [0.2, 0.25) is 0 Å². The summed E-state index contributed by atoms with van der Waals surface area (Å²) in [4.78, 5) is 27.3. The van der Waals surface area contributed by atoms with Crippen molar-refractivity contribution in [2.75, 3.05) is 13.7 Å². The third kappa shape index (κ3) is 3.03. The van der Waals surface area contributed by atoms with Crippen LogP contribution >= 0.6 is 0 Å². The molecule has 0 radical (unpaired) electrons. The largest absolute Gasteiger partial charge is 0.317 e. The van der Waals surface area contributed by atoms with Gasteiger partial charge in [-0.15, -0.1) is 0 Å². The summed E-state index contributed by atoms with van der Waals surface area (Å²) in [5.74, 6) is -0.367. The number of nitrogens with zero attached hydrogens (tertiary/aromatic N) is 1. The van der Waals surface area contributed by atoms with Crippen molar-refractivity contribution in [3.8, 4) is 0 Å². The van der Waals surface area contributed by atoms with Crippen molar-refractivity contribution in [1.82, 2.24) is 4.90 Å². The van der Waals surface area contributed by atoms with Crippen LogP contribution in [0.15, 0.2) is 54.6 Å². The zero-order valence-electron chi connectivity index (χ0n) is 13.5. The summed E-state index contributed by atoms with van der Waals surface area (Å²) in [6.07, 6.45) is 0.913. The number of fused-ring (bicyclic) bond motifs is 1. The van der Waals surface area contributed by atoms with E-state index in [4.69, 9.17) is 0 Å². The first-order valence-electron chi connectivity index (χ1n) is 7.89. The zero-order valence-corrected chi connectivity index (χ0v) is 13.5. The highest BCUT2D eigenvalue weighted by Gasteiger charge is 2.37. The van der Waals surface area contributed by atoms with Crippen molar-refractivity contribution in [2.24, 2.45) is 0 Å². The quantitative estimate of drug-likeness (QED) is 0.848. The number of rotatable bonds is 5. The van der Waals surface area contributed by atoms with E-state index in [0.29, 0.717) is 23.8 Å². The summed E-state index contributed by atoms with van der Waals surface area (Å²) < 4.78 is 0. The van der Waals surface area contributed by atoms with E-state index in [2.05, 4.69) is 19.1 Å².